The van der Waals surface area contributed by atoms with Crippen molar-refractivity contribution in [2.24, 2.45) is 0 Å². The summed E-state index contributed by atoms with van der Waals surface area (Å²) in [5, 5.41) is 11.5. The van der Waals surface area contributed by atoms with Gasteiger partial charge in [-0.05, 0) is 17.7 Å². The number of hydrogen-bond acceptors (Lipinski definition) is 3. The average Bonchev–Trinajstić information content (AvgIpc) is 2.66. The lowest BCUT2D eigenvalue weighted by Gasteiger charge is -2.15. The van der Waals surface area contributed by atoms with E-state index in [1.807, 2.05) is 0 Å². The Hall–Kier alpha value is -2.37. The van der Waals surface area contributed by atoms with Gasteiger partial charge in [0.1, 0.15) is 0 Å². The molecule has 19 heavy (non-hydrogen) atoms. The molecule has 0 saturated carbocycles. The molecule has 1 aliphatic heterocycles. The molecule has 100 valence electrons. The SMILES string of the molecule is CC(=O)NCCN1Cc2ccc(C(=O)O)cc2C1=O. The summed E-state index contributed by atoms with van der Waals surface area (Å²) in [7, 11) is 0. The van der Waals surface area contributed by atoms with Gasteiger partial charge in [-0.2, -0.15) is 0 Å². The molecule has 0 bridgehead atoms. The highest BCUT2D eigenvalue weighted by atomic mass is 16.4. The summed E-state index contributed by atoms with van der Waals surface area (Å²) >= 11 is 0. The minimum Gasteiger partial charge on any atom is -0.478 e. The molecule has 1 aromatic carbocycles. The van der Waals surface area contributed by atoms with E-state index in [1.165, 1.54) is 19.1 Å². The number of amides is 2. The summed E-state index contributed by atoms with van der Waals surface area (Å²) in [6, 6.07) is 4.55. The molecule has 1 heterocycles. The highest BCUT2D eigenvalue weighted by Crippen LogP contribution is 2.23. The van der Waals surface area contributed by atoms with Crippen LogP contribution in [0.5, 0.6) is 0 Å². The Morgan fingerprint density at radius 2 is 2.16 bits per heavy atom. The first kappa shape index (κ1) is 13.1. The minimum absolute atomic E-state index is 0.107. The van der Waals surface area contributed by atoms with Gasteiger partial charge in [0.2, 0.25) is 5.91 Å². The van der Waals surface area contributed by atoms with Crippen molar-refractivity contribution in [3.05, 3.63) is 34.9 Å². The molecule has 0 atom stereocenters. The van der Waals surface area contributed by atoms with Gasteiger partial charge in [0.15, 0.2) is 0 Å². The molecule has 2 rings (SSSR count). The largest absolute Gasteiger partial charge is 0.478 e. The van der Waals surface area contributed by atoms with Crippen LogP contribution >= 0.6 is 0 Å². The van der Waals surface area contributed by atoms with Gasteiger partial charge in [-0.15, -0.1) is 0 Å². The van der Waals surface area contributed by atoms with E-state index in [2.05, 4.69) is 5.32 Å². The molecule has 0 aliphatic carbocycles. The molecule has 0 spiro atoms. The van der Waals surface area contributed by atoms with Crippen molar-refractivity contribution in [2.45, 2.75) is 13.5 Å². The Labute approximate surface area is 110 Å². The number of carboxylic acid groups (broad SMARTS) is 1. The lowest BCUT2D eigenvalue weighted by molar-refractivity contribution is -0.119. The van der Waals surface area contributed by atoms with Crippen LogP contribution < -0.4 is 5.32 Å². The molecular formula is C13H14N2O4. The normalized spacial score (nSPS) is 13.3. The van der Waals surface area contributed by atoms with E-state index in [9.17, 15) is 14.4 Å². The molecule has 2 amide bonds. The number of nitrogens with one attached hydrogen (secondary N) is 1. The molecule has 0 radical (unpaired) electrons. The molecular weight excluding hydrogens is 248 g/mol. The zero-order valence-corrected chi connectivity index (χ0v) is 10.5. The molecule has 0 fully saturated rings. The smallest absolute Gasteiger partial charge is 0.335 e. The van der Waals surface area contributed by atoms with Gasteiger partial charge in [-0.25, -0.2) is 4.79 Å². The Balaban J connectivity index is 2.09. The zero-order valence-electron chi connectivity index (χ0n) is 10.5. The van der Waals surface area contributed by atoms with Crippen LogP contribution in [0.2, 0.25) is 0 Å². The third-order valence-corrected chi connectivity index (χ3v) is 2.99. The number of benzene rings is 1. The Kier molecular flexibility index (Phi) is 3.50. The van der Waals surface area contributed by atoms with E-state index >= 15 is 0 Å². The molecule has 6 nitrogen and oxygen atoms in total. The van der Waals surface area contributed by atoms with Crippen LogP contribution in [0.4, 0.5) is 0 Å². The van der Waals surface area contributed by atoms with Crippen molar-refractivity contribution < 1.29 is 19.5 Å². The Morgan fingerprint density at radius 3 is 2.79 bits per heavy atom. The van der Waals surface area contributed by atoms with Gasteiger partial charge >= 0.3 is 5.97 Å². The maximum Gasteiger partial charge on any atom is 0.335 e. The van der Waals surface area contributed by atoms with Crippen molar-refractivity contribution in [1.82, 2.24) is 10.2 Å². The number of carboxylic acids is 1. The van der Waals surface area contributed by atoms with Crippen LogP contribution in [0.3, 0.4) is 0 Å². The summed E-state index contributed by atoms with van der Waals surface area (Å²) in [6.45, 7) is 2.67. The molecule has 6 heteroatoms. The van der Waals surface area contributed by atoms with Gasteiger partial charge in [0.25, 0.3) is 5.91 Å². The summed E-state index contributed by atoms with van der Waals surface area (Å²) in [6.07, 6.45) is 0. The molecule has 0 aromatic heterocycles. The maximum atomic E-state index is 12.1. The van der Waals surface area contributed by atoms with Crippen LogP contribution in [-0.4, -0.2) is 40.9 Å². The second-order valence-corrected chi connectivity index (χ2v) is 4.39. The quantitative estimate of drug-likeness (QED) is 0.826. The van der Waals surface area contributed by atoms with E-state index in [0.29, 0.717) is 25.2 Å². The standard InChI is InChI=1S/C13H14N2O4/c1-8(16)14-4-5-15-7-10-3-2-9(13(18)19)6-11(10)12(15)17/h2-3,6H,4-5,7H2,1H3,(H,14,16)(H,18,19). The lowest BCUT2D eigenvalue weighted by atomic mass is 10.1. The highest BCUT2D eigenvalue weighted by Gasteiger charge is 2.27. The number of hydrogen-bond donors (Lipinski definition) is 2. The third kappa shape index (κ3) is 2.73. The average molecular weight is 262 g/mol. The van der Waals surface area contributed by atoms with Crippen molar-refractivity contribution in [3.8, 4) is 0 Å². The second-order valence-electron chi connectivity index (χ2n) is 4.39. The van der Waals surface area contributed by atoms with Crippen LogP contribution in [0, 0.1) is 0 Å². The fourth-order valence-corrected chi connectivity index (χ4v) is 2.04. The summed E-state index contributed by atoms with van der Waals surface area (Å²) in [5.41, 5.74) is 1.36. The van der Waals surface area contributed by atoms with Gasteiger partial charge in [-0.1, -0.05) is 6.07 Å². The minimum atomic E-state index is -1.05. The molecule has 1 aromatic rings. The van der Waals surface area contributed by atoms with Crippen molar-refractivity contribution >= 4 is 17.8 Å². The van der Waals surface area contributed by atoms with Gasteiger partial charge in [0, 0.05) is 32.1 Å². The Morgan fingerprint density at radius 1 is 1.42 bits per heavy atom. The predicted molar refractivity (Wildman–Crippen MR) is 66.8 cm³/mol. The monoisotopic (exact) mass is 262 g/mol. The summed E-state index contributed by atoms with van der Waals surface area (Å²) < 4.78 is 0. The number of aromatic carboxylic acids is 1. The first-order chi connectivity index (χ1) is 8.99. The maximum absolute atomic E-state index is 12.1. The number of fused-ring (bicyclic) bond motifs is 1. The summed E-state index contributed by atoms with van der Waals surface area (Å²) in [4.78, 5) is 35.3. The lowest BCUT2D eigenvalue weighted by Crippen LogP contribution is -2.34. The van der Waals surface area contributed by atoms with E-state index in [-0.39, 0.29) is 17.4 Å². The van der Waals surface area contributed by atoms with Crippen molar-refractivity contribution in [2.75, 3.05) is 13.1 Å². The first-order valence-corrected chi connectivity index (χ1v) is 5.89. The van der Waals surface area contributed by atoms with E-state index < -0.39 is 5.97 Å². The van der Waals surface area contributed by atoms with Crippen LogP contribution in [0.1, 0.15) is 33.2 Å². The topological polar surface area (TPSA) is 86.7 Å². The van der Waals surface area contributed by atoms with Crippen LogP contribution in [-0.2, 0) is 11.3 Å². The zero-order chi connectivity index (χ0) is 14.0. The number of rotatable bonds is 4. The van der Waals surface area contributed by atoms with Crippen molar-refractivity contribution in [3.63, 3.8) is 0 Å². The molecule has 2 N–H and O–H groups in total. The third-order valence-electron chi connectivity index (χ3n) is 2.99. The first-order valence-electron chi connectivity index (χ1n) is 5.89. The molecule has 0 saturated heterocycles. The van der Waals surface area contributed by atoms with Crippen molar-refractivity contribution in [1.29, 1.82) is 0 Å². The highest BCUT2D eigenvalue weighted by molar-refractivity contribution is 6.00. The Bertz CT molecular complexity index is 554. The second kappa shape index (κ2) is 5.09. The fourth-order valence-electron chi connectivity index (χ4n) is 2.04. The fraction of sp³-hybridized carbons (Fsp3) is 0.308. The summed E-state index contributed by atoms with van der Waals surface area (Å²) in [5.74, 6) is -1.38. The van der Waals surface area contributed by atoms with E-state index in [1.54, 1.807) is 11.0 Å². The van der Waals surface area contributed by atoms with E-state index in [0.717, 1.165) is 5.56 Å². The van der Waals surface area contributed by atoms with Crippen LogP contribution in [0.25, 0.3) is 0 Å². The molecule has 0 unspecified atom stereocenters. The van der Waals surface area contributed by atoms with E-state index in [4.69, 9.17) is 5.11 Å². The number of nitrogens with zero attached hydrogens (tertiary/aromatic N) is 1. The van der Waals surface area contributed by atoms with Gasteiger partial charge in [0.05, 0.1) is 5.56 Å². The molecule has 1 aliphatic rings. The number of carbonyl (C=O) groups excluding carboxylic acids is 2. The van der Waals surface area contributed by atoms with Crippen LogP contribution in [0.15, 0.2) is 18.2 Å². The predicted octanol–water partition coefficient (Wildman–Crippen LogP) is 0.477. The number of carbonyl (C=O) groups is 3. The van der Waals surface area contributed by atoms with Gasteiger partial charge < -0.3 is 15.3 Å². The van der Waals surface area contributed by atoms with Gasteiger partial charge in [-0.3, -0.25) is 9.59 Å².